The van der Waals surface area contributed by atoms with Crippen molar-refractivity contribution in [3.63, 3.8) is 0 Å². The lowest BCUT2D eigenvalue weighted by Gasteiger charge is -2.27. The molecule has 0 unspecified atom stereocenters. The Balaban J connectivity index is 1.39. The average Bonchev–Trinajstić information content (AvgIpc) is 3.39. The first kappa shape index (κ1) is 17.2. The molecule has 0 spiro atoms. The number of thiophene rings is 1. The molecule has 0 aliphatic carbocycles. The number of rotatable bonds is 3. The van der Waals surface area contributed by atoms with Gasteiger partial charge in [0.15, 0.2) is 11.5 Å². The highest BCUT2D eigenvalue weighted by molar-refractivity contribution is 7.16. The third kappa shape index (κ3) is 2.93. The maximum atomic E-state index is 13.0. The van der Waals surface area contributed by atoms with Gasteiger partial charge in [-0.15, -0.1) is 11.3 Å². The number of hydrogen-bond donors (Lipinski definition) is 0. The number of ether oxygens (including phenoxy) is 2. The molecule has 1 fully saturated rings. The molecule has 0 N–H and O–H groups in total. The van der Waals surface area contributed by atoms with Gasteiger partial charge in [-0.25, -0.2) is 4.98 Å². The second-order valence-electron chi connectivity index (χ2n) is 6.97. The Labute approximate surface area is 165 Å². The van der Waals surface area contributed by atoms with Crippen molar-refractivity contribution in [3.8, 4) is 11.5 Å². The zero-order valence-electron chi connectivity index (χ0n) is 15.2. The van der Waals surface area contributed by atoms with Gasteiger partial charge in [-0.3, -0.25) is 14.2 Å². The van der Waals surface area contributed by atoms with Crippen molar-refractivity contribution in [2.75, 3.05) is 19.8 Å². The number of hydrogen-bond acceptors (Lipinski definition) is 6. The SMILES string of the molecule is O=C(Cn1cnc2sccc2c1=O)N1CCC[C@H]1c1ccc2c(c1)OCCO2. The largest absolute Gasteiger partial charge is 0.486 e. The molecule has 4 heterocycles. The molecule has 0 bridgehead atoms. The molecule has 5 rings (SSSR count). The van der Waals surface area contributed by atoms with Gasteiger partial charge in [0.05, 0.1) is 17.8 Å². The Morgan fingerprint density at radius 3 is 2.96 bits per heavy atom. The number of fused-ring (bicyclic) bond motifs is 2. The summed E-state index contributed by atoms with van der Waals surface area (Å²) in [6.07, 6.45) is 3.29. The molecule has 0 radical (unpaired) electrons. The number of benzene rings is 1. The molecule has 1 amide bonds. The quantitative estimate of drug-likeness (QED) is 0.679. The van der Waals surface area contributed by atoms with E-state index in [2.05, 4.69) is 4.98 Å². The maximum Gasteiger partial charge on any atom is 0.262 e. The van der Waals surface area contributed by atoms with E-state index in [9.17, 15) is 9.59 Å². The average molecular weight is 397 g/mol. The van der Waals surface area contributed by atoms with Crippen LogP contribution < -0.4 is 15.0 Å². The second-order valence-corrected chi connectivity index (χ2v) is 7.86. The van der Waals surface area contributed by atoms with Gasteiger partial charge in [0.1, 0.15) is 24.6 Å². The topological polar surface area (TPSA) is 73.7 Å². The summed E-state index contributed by atoms with van der Waals surface area (Å²) in [4.78, 5) is 32.4. The van der Waals surface area contributed by atoms with E-state index in [1.54, 1.807) is 6.07 Å². The molecule has 2 aliphatic heterocycles. The second kappa shape index (κ2) is 6.94. The Hall–Kier alpha value is -2.87. The summed E-state index contributed by atoms with van der Waals surface area (Å²) in [6.45, 7) is 1.77. The molecule has 2 aromatic heterocycles. The van der Waals surface area contributed by atoms with E-state index in [-0.39, 0.29) is 24.1 Å². The normalized spacial score (nSPS) is 18.6. The summed E-state index contributed by atoms with van der Waals surface area (Å²) in [7, 11) is 0. The van der Waals surface area contributed by atoms with Gasteiger partial charge in [-0.2, -0.15) is 0 Å². The number of amides is 1. The highest BCUT2D eigenvalue weighted by Crippen LogP contribution is 2.38. The summed E-state index contributed by atoms with van der Waals surface area (Å²) in [5, 5.41) is 2.40. The fraction of sp³-hybridized carbons (Fsp3) is 0.350. The van der Waals surface area contributed by atoms with E-state index in [0.29, 0.717) is 30.0 Å². The highest BCUT2D eigenvalue weighted by Gasteiger charge is 2.31. The molecule has 3 aromatic rings. The lowest BCUT2D eigenvalue weighted by molar-refractivity contribution is -0.132. The summed E-state index contributed by atoms with van der Waals surface area (Å²) in [5.74, 6) is 1.40. The van der Waals surface area contributed by atoms with Crippen molar-refractivity contribution in [3.05, 3.63) is 51.9 Å². The predicted molar refractivity (Wildman–Crippen MR) is 105 cm³/mol. The van der Waals surface area contributed by atoms with Gasteiger partial charge >= 0.3 is 0 Å². The molecule has 2 aliphatic rings. The number of aromatic nitrogens is 2. The first-order valence-electron chi connectivity index (χ1n) is 9.32. The molecule has 8 heteroatoms. The molecule has 1 aromatic carbocycles. The van der Waals surface area contributed by atoms with Crippen LogP contribution in [0.3, 0.4) is 0 Å². The third-order valence-corrected chi connectivity index (χ3v) is 6.10. The van der Waals surface area contributed by atoms with Crippen LogP contribution in [-0.4, -0.2) is 40.1 Å². The van der Waals surface area contributed by atoms with Gasteiger partial charge in [0.2, 0.25) is 5.91 Å². The van der Waals surface area contributed by atoms with Crippen molar-refractivity contribution in [1.29, 1.82) is 0 Å². The van der Waals surface area contributed by atoms with Gasteiger partial charge in [-0.05, 0) is 42.0 Å². The van der Waals surface area contributed by atoms with Crippen LogP contribution >= 0.6 is 11.3 Å². The molecular formula is C20H19N3O4S. The molecule has 7 nitrogen and oxygen atoms in total. The standard InChI is InChI=1S/C20H19N3O4S/c24-18(11-22-12-21-19-14(20(22)25)5-9-28-19)23-6-1-2-15(23)13-3-4-16-17(10-13)27-8-7-26-16/h3-5,9-10,12,15H,1-2,6-8,11H2/t15-/m0/s1. The molecule has 144 valence electrons. The van der Waals surface area contributed by atoms with Crippen molar-refractivity contribution >= 4 is 27.5 Å². The summed E-state index contributed by atoms with van der Waals surface area (Å²) >= 11 is 1.42. The van der Waals surface area contributed by atoms with E-state index in [4.69, 9.17) is 9.47 Å². The van der Waals surface area contributed by atoms with Crippen LogP contribution in [0.15, 0.2) is 40.8 Å². The van der Waals surface area contributed by atoms with Crippen LogP contribution in [0.4, 0.5) is 0 Å². The van der Waals surface area contributed by atoms with Crippen molar-refractivity contribution in [2.24, 2.45) is 0 Å². The van der Waals surface area contributed by atoms with Crippen molar-refractivity contribution in [1.82, 2.24) is 14.5 Å². The number of likely N-dealkylation sites (tertiary alicyclic amines) is 1. The van der Waals surface area contributed by atoms with E-state index in [1.165, 1.54) is 22.2 Å². The zero-order valence-corrected chi connectivity index (χ0v) is 16.0. The fourth-order valence-corrected chi connectivity index (χ4v) is 4.64. The molecule has 0 saturated carbocycles. The number of carbonyl (C=O) groups excluding carboxylic acids is 1. The summed E-state index contributed by atoms with van der Waals surface area (Å²) < 4.78 is 12.7. The molecule has 1 atom stereocenters. The Morgan fingerprint density at radius 2 is 2.07 bits per heavy atom. The first-order valence-corrected chi connectivity index (χ1v) is 10.2. The highest BCUT2D eigenvalue weighted by atomic mass is 32.1. The zero-order chi connectivity index (χ0) is 19.1. The van der Waals surface area contributed by atoms with Crippen molar-refractivity contribution in [2.45, 2.75) is 25.4 Å². The maximum absolute atomic E-state index is 13.0. The van der Waals surface area contributed by atoms with E-state index in [1.807, 2.05) is 28.5 Å². The minimum Gasteiger partial charge on any atom is -0.486 e. The minimum atomic E-state index is -0.172. The monoisotopic (exact) mass is 397 g/mol. The molecular weight excluding hydrogens is 378 g/mol. The minimum absolute atomic E-state index is 0.00132. The van der Waals surface area contributed by atoms with Crippen molar-refractivity contribution < 1.29 is 14.3 Å². The Kier molecular flexibility index (Phi) is 4.27. The van der Waals surface area contributed by atoms with Crippen LogP contribution in [-0.2, 0) is 11.3 Å². The lowest BCUT2D eigenvalue weighted by Crippen LogP contribution is -2.36. The van der Waals surface area contributed by atoms with E-state index < -0.39 is 0 Å². The first-order chi connectivity index (χ1) is 13.7. The number of carbonyl (C=O) groups is 1. The van der Waals surface area contributed by atoms with Gasteiger partial charge < -0.3 is 14.4 Å². The van der Waals surface area contributed by atoms with Crippen LogP contribution in [0.25, 0.3) is 10.2 Å². The van der Waals surface area contributed by atoms with E-state index >= 15 is 0 Å². The smallest absolute Gasteiger partial charge is 0.262 e. The fourth-order valence-electron chi connectivity index (χ4n) is 3.92. The van der Waals surface area contributed by atoms with Crippen LogP contribution in [0.1, 0.15) is 24.4 Å². The summed E-state index contributed by atoms with van der Waals surface area (Å²) in [6, 6.07) is 7.61. The third-order valence-electron chi connectivity index (χ3n) is 5.28. The van der Waals surface area contributed by atoms with Crippen LogP contribution in [0, 0.1) is 0 Å². The number of nitrogens with zero attached hydrogens (tertiary/aromatic N) is 3. The van der Waals surface area contributed by atoms with Gasteiger partial charge in [0, 0.05) is 6.54 Å². The van der Waals surface area contributed by atoms with Gasteiger partial charge in [-0.1, -0.05) is 6.07 Å². The van der Waals surface area contributed by atoms with Crippen LogP contribution in [0.2, 0.25) is 0 Å². The van der Waals surface area contributed by atoms with Crippen LogP contribution in [0.5, 0.6) is 11.5 Å². The lowest BCUT2D eigenvalue weighted by atomic mass is 10.0. The Morgan fingerprint density at radius 1 is 1.21 bits per heavy atom. The molecule has 1 saturated heterocycles. The Bertz CT molecular complexity index is 1110. The van der Waals surface area contributed by atoms with Gasteiger partial charge in [0.25, 0.3) is 5.56 Å². The summed E-state index contributed by atoms with van der Waals surface area (Å²) in [5.41, 5.74) is 0.864. The predicted octanol–water partition coefficient (Wildman–Crippen LogP) is 2.59. The molecule has 28 heavy (non-hydrogen) atoms. The van der Waals surface area contributed by atoms with E-state index in [0.717, 1.165) is 29.9 Å².